The van der Waals surface area contributed by atoms with Crippen LogP contribution in [0.5, 0.6) is 0 Å². The van der Waals surface area contributed by atoms with Crippen molar-refractivity contribution in [3.05, 3.63) is 24.0 Å². The number of rotatable bonds is 12. The van der Waals surface area contributed by atoms with Crippen molar-refractivity contribution in [3.63, 3.8) is 0 Å². The second-order valence-corrected chi connectivity index (χ2v) is 7.44. The van der Waals surface area contributed by atoms with E-state index in [0.717, 1.165) is 70.5 Å². The summed E-state index contributed by atoms with van der Waals surface area (Å²) in [5.41, 5.74) is 0. The molecule has 0 spiro atoms. The Balaban J connectivity index is 1.60. The summed E-state index contributed by atoms with van der Waals surface area (Å²) < 4.78 is 28.6. The van der Waals surface area contributed by atoms with E-state index in [2.05, 4.69) is 32.1 Å². The Bertz CT molecular complexity index is 420. The summed E-state index contributed by atoms with van der Waals surface area (Å²) in [5.74, 6) is 0.924. The summed E-state index contributed by atoms with van der Waals surface area (Å²) in [6.45, 7) is 7.18. The molecule has 2 unspecified atom stereocenters. The van der Waals surface area contributed by atoms with Crippen molar-refractivity contribution in [3.8, 4) is 0 Å². The molecule has 2 aliphatic rings. The Morgan fingerprint density at radius 3 is 2.19 bits per heavy atom. The molecule has 2 fully saturated rings. The maximum atomic E-state index is 5.89. The largest absolute Gasteiger partial charge is 0.491 e. The smallest absolute Gasteiger partial charge is 0.157 e. The van der Waals surface area contributed by atoms with Gasteiger partial charge in [0.15, 0.2) is 12.6 Å². The fourth-order valence-electron chi connectivity index (χ4n) is 3.12. The van der Waals surface area contributed by atoms with E-state index in [0.29, 0.717) is 6.61 Å². The van der Waals surface area contributed by atoms with Crippen LogP contribution in [0.2, 0.25) is 0 Å². The lowest BCUT2D eigenvalue weighted by atomic mass is 10.2. The highest BCUT2D eigenvalue weighted by Gasteiger charge is 2.14. The summed E-state index contributed by atoms with van der Waals surface area (Å²) in [5, 5.41) is 0. The third-order valence-corrected chi connectivity index (χ3v) is 4.52. The summed E-state index contributed by atoms with van der Waals surface area (Å²) >= 11 is 0. The Labute approximate surface area is 165 Å². The first-order valence-electron chi connectivity index (χ1n) is 10.7. The highest BCUT2D eigenvalue weighted by molar-refractivity contribution is 5.12. The third-order valence-electron chi connectivity index (χ3n) is 4.52. The van der Waals surface area contributed by atoms with Gasteiger partial charge < -0.3 is 23.7 Å². The second-order valence-electron chi connectivity index (χ2n) is 7.44. The molecule has 0 amide bonds. The molecule has 5 heteroatoms. The van der Waals surface area contributed by atoms with E-state index in [4.69, 9.17) is 23.7 Å². The van der Waals surface area contributed by atoms with Crippen LogP contribution in [0.25, 0.3) is 0 Å². The molecule has 0 aromatic rings. The lowest BCUT2D eigenvalue weighted by Gasteiger charge is -2.22. The monoisotopic (exact) mass is 382 g/mol. The molecule has 0 radical (unpaired) electrons. The Morgan fingerprint density at radius 2 is 1.59 bits per heavy atom. The van der Waals surface area contributed by atoms with Crippen LogP contribution in [-0.2, 0) is 23.7 Å². The molecule has 2 heterocycles. The first-order valence-corrected chi connectivity index (χ1v) is 10.7. The van der Waals surface area contributed by atoms with Crippen LogP contribution in [0.15, 0.2) is 24.0 Å². The van der Waals surface area contributed by atoms with Crippen LogP contribution >= 0.6 is 0 Å². The number of hydrogen-bond donors (Lipinski definition) is 0. The molecular weight excluding hydrogens is 344 g/mol. The van der Waals surface area contributed by atoms with Gasteiger partial charge in [-0.1, -0.05) is 6.08 Å². The highest BCUT2D eigenvalue weighted by Crippen LogP contribution is 2.15. The molecule has 0 aromatic carbocycles. The summed E-state index contributed by atoms with van der Waals surface area (Å²) in [6, 6.07) is 0. The Morgan fingerprint density at radius 1 is 0.926 bits per heavy atom. The predicted molar refractivity (Wildman–Crippen MR) is 106 cm³/mol. The maximum absolute atomic E-state index is 5.89. The van der Waals surface area contributed by atoms with Gasteiger partial charge in [0.2, 0.25) is 0 Å². The first kappa shape index (κ1) is 22.4. The van der Waals surface area contributed by atoms with Gasteiger partial charge in [-0.15, -0.1) is 0 Å². The molecule has 156 valence electrons. The van der Waals surface area contributed by atoms with Crippen molar-refractivity contribution in [2.45, 2.75) is 90.3 Å². The first-order chi connectivity index (χ1) is 13.2. The summed E-state index contributed by atoms with van der Waals surface area (Å²) in [6.07, 6.45) is 16.0. The van der Waals surface area contributed by atoms with Crippen molar-refractivity contribution >= 4 is 0 Å². The average molecular weight is 383 g/mol. The van der Waals surface area contributed by atoms with Gasteiger partial charge in [0.05, 0.1) is 19.3 Å². The molecule has 2 aliphatic heterocycles. The number of ether oxygens (including phenoxy) is 5. The molecule has 0 bridgehead atoms. The van der Waals surface area contributed by atoms with Crippen molar-refractivity contribution in [1.29, 1.82) is 0 Å². The maximum Gasteiger partial charge on any atom is 0.157 e. The lowest BCUT2D eigenvalue weighted by Crippen LogP contribution is -2.22. The Kier molecular flexibility index (Phi) is 11.8. The van der Waals surface area contributed by atoms with Gasteiger partial charge in [-0.25, -0.2) is 0 Å². The summed E-state index contributed by atoms with van der Waals surface area (Å²) in [7, 11) is 0. The number of unbranched alkanes of at least 4 members (excludes halogenated alkanes) is 1. The minimum Gasteiger partial charge on any atom is -0.491 e. The van der Waals surface area contributed by atoms with E-state index >= 15 is 0 Å². The molecule has 0 N–H and O–H groups in total. The number of allylic oxidation sites excluding steroid dienone is 2. The van der Waals surface area contributed by atoms with Gasteiger partial charge in [-0.05, 0) is 83.8 Å². The highest BCUT2D eigenvalue weighted by atomic mass is 16.7. The fraction of sp³-hybridized carbons (Fsp3) is 0.818. The second kappa shape index (κ2) is 14.2. The molecular formula is C22H38O5. The van der Waals surface area contributed by atoms with Crippen molar-refractivity contribution in [2.24, 2.45) is 0 Å². The van der Waals surface area contributed by atoms with Crippen LogP contribution in [0.3, 0.4) is 0 Å². The van der Waals surface area contributed by atoms with Crippen LogP contribution in [0.4, 0.5) is 0 Å². The van der Waals surface area contributed by atoms with E-state index in [-0.39, 0.29) is 18.7 Å². The van der Waals surface area contributed by atoms with Crippen molar-refractivity contribution < 1.29 is 23.7 Å². The van der Waals surface area contributed by atoms with E-state index < -0.39 is 0 Å². The zero-order valence-electron chi connectivity index (χ0n) is 17.2. The molecule has 0 aromatic heterocycles. The molecule has 0 aliphatic carbocycles. The van der Waals surface area contributed by atoms with E-state index in [9.17, 15) is 0 Å². The van der Waals surface area contributed by atoms with Gasteiger partial charge in [0.25, 0.3) is 0 Å². The molecule has 2 rings (SSSR count). The minimum absolute atomic E-state index is 0.00199. The zero-order chi connectivity index (χ0) is 19.2. The molecule has 5 nitrogen and oxygen atoms in total. The lowest BCUT2D eigenvalue weighted by molar-refractivity contribution is -0.162. The molecule has 2 atom stereocenters. The van der Waals surface area contributed by atoms with Crippen molar-refractivity contribution in [2.75, 3.05) is 26.4 Å². The van der Waals surface area contributed by atoms with Crippen LogP contribution in [-0.4, -0.2) is 45.1 Å². The van der Waals surface area contributed by atoms with Crippen molar-refractivity contribution in [1.82, 2.24) is 0 Å². The Hall–Kier alpha value is -0.880. The third kappa shape index (κ3) is 10.9. The number of hydrogen-bond acceptors (Lipinski definition) is 5. The van der Waals surface area contributed by atoms with E-state index in [1.165, 1.54) is 12.8 Å². The zero-order valence-corrected chi connectivity index (χ0v) is 17.2. The average Bonchev–Trinajstić information content (AvgIpc) is 2.68. The van der Waals surface area contributed by atoms with Crippen LogP contribution in [0, 0.1) is 0 Å². The van der Waals surface area contributed by atoms with Gasteiger partial charge in [0, 0.05) is 13.2 Å². The van der Waals surface area contributed by atoms with E-state index in [1.807, 2.05) is 0 Å². The summed E-state index contributed by atoms with van der Waals surface area (Å²) in [4.78, 5) is 0. The quantitative estimate of drug-likeness (QED) is 0.267. The fourth-order valence-corrected chi connectivity index (χ4v) is 3.12. The molecule has 0 saturated carbocycles. The van der Waals surface area contributed by atoms with Crippen LogP contribution in [0.1, 0.15) is 71.6 Å². The minimum atomic E-state index is -0.0118. The van der Waals surface area contributed by atoms with Gasteiger partial charge in [0.1, 0.15) is 5.76 Å². The standard InChI is InChI=1S/C22H38O5/c1-19(2)27-20(11-3-7-15-23-21-13-5-9-17-25-21)12-4-8-16-24-22-14-6-10-18-26-22/h3,11-12,19,21-22H,4-10,13-18H2,1-2H3/b11-3+,20-12+. The van der Waals surface area contributed by atoms with Gasteiger partial charge >= 0.3 is 0 Å². The van der Waals surface area contributed by atoms with Gasteiger partial charge in [-0.3, -0.25) is 0 Å². The predicted octanol–water partition coefficient (Wildman–Crippen LogP) is 5.11. The molecule has 2 saturated heterocycles. The SMILES string of the molecule is CC(C)OC(/C=C/CCOC1CCCCO1)=C/CCCOC1CCCCO1. The topological polar surface area (TPSA) is 46.2 Å². The van der Waals surface area contributed by atoms with Crippen LogP contribution < -0.4 is 0 Å². The molecule has 27 heavy (non-hydrogen) atoms. The van der Waals surface area contributed by atoms with Gasteiger partial charge in [-0.2, -0.15) is 0 Å². The normalized spacial score (nSPS) is 24.6. The van der Waals surface area contributed by atoms with E-state index in [1.54, 1.807) is 0 Å².